The monoisotopic (exact) mass is 286 g/mol. The van der Waals surface area contributed by atoms with E-state index in [1.165, 1.54) is 0 Å². The van der Waals surface area contributed by atoms with Gasteiger partial charge < -0.3 is 16.2 Å². The average molecular weight is 287 g/mol. The Labute approximate surface area is 103 Å². The van der Waals surface area contributed by atoms with Crippen molar-refractivity contribution in [2.45, 2.75) is 19.1 Å². The number of hydrogen-bond acceptors (Lipinski definition) is 3. The lowest BCUT2D eigenvalue weighted by Crippen LogP contribution is -2.43. The fourth-order valence-electron chi connectivity index (χ4n) is 1.12. The largest absolute Gasteiger partial charge is 0.392 e. The summed E-state index contributed by atoms with van der Waals surface area (Å²) in [5.41, 5.74) is 6.16. The maximum Gasteiger partial charge on any atom is 0.252 e. The van der Waals surface area contributed by atoms with Crippen LogP contribution in [-0.2, 0) is 0 Å². The zero-order chi connectivity index (χ0) is 12.1. The summed E-state index contributed by atoms with van der Waals surface area (Å²) in [5, 5.41) is 11.8. The average Bonchev–Trinajstić information content (AvgIpc) is 2.25. The van der Waals surface area contributed by atoms with Gasteiger partial charge in [0, 0.05) is 17.1 Å². The minimum absolute atomic E-state index is 0.205. The zero-order valence-electron chi connectivity index (χ0n) is 8.98. The lowest BCUT2D eigenvalue weighted by molar-refractivity contribution is 0.0937. The Morgan fingerprint density at radius 3 is 2.75 bits per heavy atom. The van der Waals surface area contributed by atoms with E-state index >= 15 is 0 Å². The molecule has 0 radical (unpaired) electrons. The first-order valence-corrected chi connectivity index (χ1v) is 5.78. The predicted octanol–water partition coefficient (Wildman–Crippen LogP) is 0.887. The van der Waals surface area contributed by atoms with Crippen molar-refractivity contribution in [1.82, 2.24) is 5.32 Å². The van der Waals surface area contributed by atoms with Gasteiger partial charge in [0.1, 0.15) is 0 Å². The van der Waals surface area contributed by atoms with Crippen LogP contribution in [0.3, 0.4) is 0 Å². The van der Waals surface area contributed by atoms with Gasteiger partial charge >= 0.3 is 0 Å². The van der Waals surface area contributed by atoms with Crippen molar-refractivity contribution >= 4 is 21.8 Å². The molecule has 4 N–H and O–H groups in total. The summed E-state index contributed by atoms with van der Waals surface area (Å²) in [6, 6.07) is 6.68. The van der Waals surface area contributed by atoms with Crippen LogP contribution in [0.4, 0.5) is 0 Å². The molecule has 0 fully saturated rings. The Balaban J connectivity index is 2.57. The first-order valence-electron chi connectivity index (χ1n) is 4.98. The first kappa shape index (κ1) is 13.2. The van der Waals surface area contributed by atoms with Crippen LogP contribution in [0.15, 0.2) is 28.7 Å². The SMILES string of the molecule is CC(O)C(N)CNC(=O)c1ccccc1Br. The third-order valence-electron chi connectivity index (χ3n) is 2.24. The summed E-state index contributed by atoms with van der Waals surface area (Å²) in [4.78, 5) is 11.7. The third kappa shape index (κ3) is 3.59. The molecule has 88 valence electrons. The van der Waals surface area contributed by atoms with Crippen LogP contribution in [0, 0.1) is 0 Å². The summed E-state index contributed by atoms with van der Waals surface area (Å²) < 4.78 is 0.734. The van der Waals surface area contributed by atoms with E-state index < -0.39 is 12.1 Å². The standard InChI is InChI=1S/C11H15BrN2O2/c1-7(15)10(13)6-14-11(16)8-4-2-3-5-9(8)12/h2-5,7,10,15H,6,13H2,1H3,(H,14,16). The molecule has 0 saturated heterocycles. The number of nitrogens with one attached hydrogen (secondary N) is 1. The fourth-order valence-corrected chi connectivity index (χ4v) is 1.59. The minimum Gasteiger partial charge on any atom is -0.392 e. The number of amides is 1. The molecule has 5 heteroatoms. The Hall–Kier alpha value is -0.910. The molecule has 0 aliphatic rings. The van der Waals surface area contributed by atoms with Gasteiger partial charge in [0.25, 0.3) is 5.91 Å². The van der Waals surface area contributed by atoms with Crippen molar-refractivity contribution in [3.05, 3.63) is 34.3 Å². The quantitative estimate of drug-likeness (QED) is 0.769. The Bertz CT molecular complexity index is 369. The number of carbonyl (C=O) groups excluding carboxylic acids is 1. The van der Waals surface area contributed by atoms with Crippen molar-refractivity contribution in [3.63, 3.8) is 0 Å². The highest BCUT2D eigenvalue weighted by Crippen LogP contribution is 2.15. The van der Waals surface area contributed by atoms with Gasteiger partial charge in [0.15, 0.2) is 0 Å². The molecule has 1 aromatic rings. The van der Waals surface area contributed by atoms with Crippen LogP contribution < -0.4 is 11.1 Å². The molecule has 16 heavy (non-hydrogen) atoms. The summed E-state index contributed by atoms with van der Waals surface area (Å²) in [6.07, 6.45) is -0.639. The number of halogens is 1. The number of carbonyl (C=O) groups is 1. The summed E-state index contributed by atoms with van der Waals surface area (Å²) in [6.45, 7) is 1.84. The van der Waals surface area contributed by atoms with Crippen LogP contribution in [0.2, 0.25) is 0 Å². The predicted molar refractivity (Wildman–Crippen MR) is 66.1 cm³/mol. The second-order valence-electron chi connectivity index (χ2n) is 3.59. The van der Waals surface area contributed by atoms with E-state index in [9.17, 15) is 9.90 Å². The first-order chi connectivity index (χ1) is 7.52. The van der Waals surface area contributed by atoms with E-state index in [-0.39, 0.29) is 12.5 Å². The van der Waals surface area contributed by atoms with Crippen LogP contribution >= 0.6 is 15.9 Å². The second-order valence-corrected chi connectivity index (χ2v) is 4.45. The van der Waals surface area contributed by atoms with Crippen LogP contribution in [0.25, 0.3) is 0 Å². The second kappa shape index (κ2) is 5.98. The van der Waals surface area contributed by atoms with Crippen molar-refractivity contribution in [3.8, 4) is 0 Å². The number of nitrogens with two attached hydrogens (primary N) is 1. The molecule has 0 spiro atoms. The number of aliphatic hydroxyl groups is 1. The molecule has 0 bridgehead atoms. The molecule has 1 rings (SSSR count). The zero-order valence-corrected chi connectivity index (χ0v) is 10.6. The highest BCUT2D eigenvalue weighted by atomic mass is 79.9. The molecule has 0 aliphatic heterocycles. The third-order valence-corrected chi connectivity index (χ3v) is 2.93. The highest BCUT2D eigenvalue weighted by Gasteiger charge is 2.13. The topological polar surface area (TPSA) is 75.3 Å². The molecular formula is C11H15BrN2O2. The maximum absolute atomic E-state index is 11.7. The smallest absolute Gasteiger partial charge is 0.252 e. The molecule has 1 amide bonds. The maximum atomic E-state index is 11.7. The van der Waals surface area contributed by atoms with E-state index in [4.69, 9.17) is 5.73 Å². The molecule has 0 saturated carbocycles. The van der Waals surface area contributed by atoms with Crippen molar-refractivity contribution in [2.24, 2.45) is 5.73 Å². The summed E-state index contributed by atoms with van der Waals surface area (Å²) >= 11 is 3.29. The van der Waals surface area contributed by atoms with Gasteiger partial charge in [-0.2, -0.15) is 0 Å². The Morgan fingerprint density at radius 1 is 1.56 bits per heavy atom. The molecule has 0 aromatic heterocycles. The van der Waals surface area contributed by atoms with Gasteiger partial charge in [-0.3, -0.25) is 4.79 Å². The van der Waals surface area contributed by atoms with E-state index in [0.717, 1.165) is 4.47 Å². The molecule has 2 unspecified atom stereocenters. The normalized spacial score (nSPS) is 14.2. The van der Waals surface area contributed by atoms with Crippen LogP contribution in [0.5, 0.6) is 0 Å². The fraction of sp³-hybridized carbons (Fsp3) is 0.364. The van der Waals surface area contributed by atoms with Gasteiger partial charge in [-0.05, 0) is 35.0 Å². The van der Waals surface area contributed by atoms with Gasteiger partial charge in [-0.15, -0.1) is 0 Å². The number of benzene rings is 1. The van der Waals surface area contributed by atoms with Crippen molar-refractivity contribution in [2.75, 3.05) is 6.54 Å². The molecule has 1 aromatic carbocycles. The lowest BCUT2D eigenvalue weighted by Gasteiger charge is -2.15. The van der Waals surface area contributed by atoms with E-state index in [1.54, 1.807) is 25.1 Å². The Kier molecular flexibility index (Phi) is 4.92. The molecule has 0 heterocycles. The van der Waals surface area contributed by atoms with Gasteiger partial charge in [0.05, 0.1) is 11.7 Å². The van der Waals surface area contributed by atoms with E-state index in [0.29, 0.717) is 5.56 Å². The van der Waals surface area contributed by atoms with Gasteiger partial charge in [-0.1, -0.05) is 12.1 Å². The molecule has 4 nitrogen and oxygen atoms in total. The van der Waals surface area contributed by atoms with Crippen molar-refractivity contribution < 1.29 is 9.90 Å². The summed E-state index contributed by atoms with van der Waals surface area (Å²) in [5.74, 6) is -0.205. The number of rotatable bonds is 4. The van der Waals surface area contributed by atoms with Gasteiger partial charge in [0.2, 0.25) is 0 Å². The van der Waals surface area contributed by atoms with E-state index in [2.05, 4.69) is 21.2 Å². The van der Waals surface area contributed by atoms with Crippen LogP contribution in [-0.4, -0.2) is 29.7 Å². The minimum atomic E-state index is -0.639. The summed E-state index contributed by atoms with van der Waals surface area (Å²) in [7, 11) is 0. The molecule has 0 aliphatic carbocycles. The number of aliphatic hydroxyl groups excluding tert-OH is 1. The number of hydrogen-bond donors (Lipinski definition) is 3. The van der Waals surface area contributed by atoms with Crippen molar-refractivity contribution in [1.29, 1.82) is 0 Å². The van der Waals surface area contributed by atoms with E-state index in [1.807, 2.05) is 6.07 Å². The molecular weight excluding hydrogens is 272 g/mol. The molecule has 2 atom stereocenters. The van der Waals surface area contributed by atoms with Gasteiger partial charge in [-0.25, -0.2) is 0 Å². The Morgan fingerprint density at radius 2 is 2.19 bits per heavy atom. The van der Waals surface area contributed by atoms with Crippen LogP contribution in [0.1, 0.15) is 17.3 Å². The highest BCUT2D eigenvalue weighted by molar-refractivity contribution is 9.10. The lowest BCUT2D eigenvalue weighted by atomic mass is 10.2.